The molecule has 1 heterocycles. The van der Waals surface area contributed by atoms with E-state index in [0.29, 0.717) is 23.1 Å². The highest BCUT2D eigenvalue weighted by Crippen LogP contribution is 2.42. The van der Waals surface area contributed by atoms with Gasteiger partial charge in [-0.15, -0.1) is 0 Å². The maximum absolute atomic E-state index is 11.2. The van der Waals surface area contributed by atoms with E-state index in [9.17, 15) is 4.79 Å². The molecule has 6 heteroatoms. The van der Waals surface area contributed by atoms with Crippen LogP contribution in [0.5, 0.6) is 11.5 Å². The van der Waals surface area contributed by atoms with Crippen LogP contribution in [0.2, 0.25) is 0 Å². The lowest BCUT2D eigenvalue weighted by Gasteiger charge is -2.12. The summed E-state index contributed by atoms with van der Waals surface area (Å²) in [5, 5.41) is 13.4. The van der Waals surface area contributed by atoms with Crippen LogP contribution >= 0.6 is 0 Å². The third kappa shape index (κ3) is 2.44. The molecule has 1 aromatic heterocycles. The van der Waals surface area contributed by atoms with Gasteiger partial charge in [0.05, 0.1) is 14.2 Å². The first-order valence-corrected chi connectivity index (χ1v) is 6.69. The Hall–Kier alpha value is -2.50. The second-order valence-electron chi connectivity index (χ2n) is 4.98. The summed E-state index contributed by atoms with van der Waals surface area (Å²) in [6, 6.07) is 7.02. The van der Waals surface area contributed by atoms with Crippen LogP contribution in [-0.4, -0.2) is 35.1 Å². The van der Waals surface area contributed by atoms with Crippen LogP contribution in [0, 0.1) is 0 Å². The van der Waals surface area contributed by atoms with Crippen molar-refractivity contribution in [2.75, 3.05) is 14.2 Å². The number of rotatable bonds is 5. The zero-order valence-corrected chi connectivity index (χ0v) is 11.9. The lowest BCUT2D eigenvalue weighted by molar-refractivity contribution is 0.0690. The Balaban J connectivity index is 2.13. The Labute approximate surface area is 121 Å². The van der Waals surface area contributed by atoms with Gasteiger partial charge in [0.2, 0.25) is 0 Å². The largest absolute Gasteiger partial charge is 0.497 e. The predicted molar refractivity (Wildman–Crippen MR) is 75.6 cm³/mol. The zero-order valence-electron chi connectivity index (χ0n) is 11.9. The molecule has 6 nitrogen and oxygen atoms in total. The summed E-state index contributed by atoms with van der Waals surface area (Å²) in [6.07, 6.45) is 2.12. The van der Waals surface area contributed by atoms with Gasteiger partial charge in [-0.25, -0.2) is 9.48 Å². The van der Waals surface area contributed by atoms with Crippen LogP contribution in [0.1, 0.15) is 34.9 Å². The van der Waals surface area contributed by atoms with Gasteiger partial charge in [-0.3, -0.25) is 0 Å². The van der Waals surface area contributed by atoms with Gasteiger partial charge >= 0.3 is 5.97 Å². The van der Waals surface area contributed by atoms with E-state index in [1.54, 1.807) is 37.1 Å². The molecule has 0 atom stereocenters. The normalized spacial score (nSPS) is 14.0. The van der Waals surface area contributed by atoms with Crippen molar-refractivity contribution >= 4 is 5.97 Å². The number of hydrogen-bond acceptors (Lipinski definition) is 4. The first-order valence-electron chi connectivity index (χ1n) is 6.69. The van der Waals surface area contributed by atoms with Crippen molar-refractivity contribution < 1.29 is 19.4 Å². The molecule has 0 amide bonds. The zero-order chi connectivity index (χ0) is 15.0. The first-order chi connectivity index (χ1) is 10.1. The molecule has 0 unspecified atom stereocenters. The fourth-order valence-electron chi connectivity index (χ4n) is 2.32. The van der Waals surface area contributed by atoms with Crippen molar-refractivity contribution in [3.8, 4) is 17.2 Å². The molecule has 0 spiro atoms. The van der Waals surface area contributed by atoms with E-state index in [2.05, 4.69) is 5.10 Å². The highest BCUT2D eigenvalue weighted by molar-refractivity contribution is 5.85. The second-order valence-corrected chi connectivity index (χ2v) is 4.98. The monoisotopic (exact) mass is 288 g/mol. The second kappa shape index (κ2) is 5.12. The molecule has 0 radical (unpaired) electrons. The van der Waals surface area contributed by atoms with Crippen molar-refractivity contribution in [3.63, 3.8) is 0 Å². The number of nitrogens with zero attached hydrogens (tertiary/aromatic N) is 2. The summed E-state index contributed by atoms with van der Waals surface area (Å²) in [7, 11) is 3.15. The Bertz CT molecular complexity index is 689. The number of carboxylic acids is 1. The van der Waals surface area contributed by atoms with E-state index in [-0.39, 0.29) is 5.69 Å². The molecular formula is C15H16N2O4. The number of aromatic carboxylic acids is 1. The molecule has 0 saturated heterocycles. The van der Waals surface area contributed by atoms with Crippen LogP contribution in [0.4, 0.5) is 0 Å². The van der Waals surface area contributed by atoms with Crippen LogP contribution in [0.15, 0.2) is 24.3 Å². The lowest BCUT2D eigenvalue weighted by atomic mass is 10.2. The minimum Gasteiger partial charge on any atom is -0.497 e. The van der Waals surface area contributed by atoms with E-state index in [4.69, 9.17) is 14.6 Å². The minimum atomic E-state index is -1.02. The summed E-state index contributed by atoms with van der Waals surface area (Å²) in [4.78, 5) is 11.2. The summed E-state index contributed by atoms with van der Waals surface area (Å²) < 4.78 is 12.2. The molecule has 21 heavy (non-hydrogen) atoms. The van der Waals surface area contributed by atoms with Gasteiger partial charge in [0.15, 0.2) is 5.69 Å². The van der Waals surface area contributed by atoms with Crippen molar-refractivity contribution in [2.24, 2.45) is 0 Å². The van der Waals surface area contributed by atoms with E-state index in [0.717, 1.165) is 18.5 Å². The molecule has 1 aliphatic carbocycles. The topological polar surface area (TPSA) is 73.6 Å². The SMILES string of the molecule is COc1ccc(-n2nc(C(=O)O)cc2C2CC2)c(OC)c1. The molecule has 1 saturated carbocycles. The lowest BCUT2D eigenvalue weighted by Crippen LogP contribution is -2.05. The number of ether oxygens (including phenoxy) is 2. The highest BCUT2D eigenvalue weighted by Gasteiger charge is 2.30. The number of aromatic nitrogens is 2. The number of hydrogen-bond donors (Lipinski definition) is 1. The summed E-state index contributed by atoms with van der Waals surface area (Å²) in [6.45, 7) is 0. The Kier molecular flexibility index (Phi) is 3.29. The van der Waals surface area contributed by atoms with Crippen LogP contribution in [0.3, 0.4) is 0 Å². The van der Waals surface area contributed by atoms with E-state index in [1.165, 1.54) is 0 Å². The smallest absolute Gasteiger partial charge is 0.356 e. The third-order valence-corrected chi connectivity index (χ3v) is 3.57. The fraction of sp³-hybridized carbons (Fsp3) is 0.333. The quantitative estimate of drug-likeness (QED) is 0.915. The number of carboxylic acid groups (broad SMARTS) is 1. The summed E-state index contributed by atoms with van der Waals surface area (Å²) in [5.74, 6) is 0.617. The molecular weight excluding hydrogens is 272 g/mol. The predicted octanol–water partition coefficient (Wildman–Crippen LogP) is 2.47. The molecule has 1 aliphatic rings. The highest BCUT2D eigenvalue weighted by atomic mass is 16.5. The Morgan fingerprint density at radius 2 is 2.05 bits per heavy atom. The number of carbonyl (C=O) groups is 1. The van der Waals surface area contributed by atoms with Gasteiger partial charge in [0.25, 0.3) is 0 Å². The van der Waals surface area contributed by atoms with Crippen LogP contribution < -0.4 is 9.47 Å². The van der Waals surface area contributed by atoms with Crippen molar-refractivity contribution in [1.29, 1.82) is 0 Å². The van der Waals surface area contributed by atoms with Crippen molar-refractivity contribution in [3.05, 3.63) is 35.7 Å². The van der Waals surface area contributed by atoms with E-state index < -0.39 is 5.97 Å². The van der Waals surface area contributed by atoms with Crippen LogP contribution in [-0.2, 0) is 0 Å². The molecule has 110 valence electrons. The minimum absolute atomic E-state index is 0.0507. The molecule has 0 aliphatic heterocycles. The van der Waals surface area contributed by atoms with Crippen molar-refractivity contribution in [2.45, 2.75) is 18.8 Å². The van der Waals surface area contributed by atoms with Gasteiger partial charge in [0, 0.05) is 17.7 Å². The van der Waals surface area contributed by atoms with Gasteiger partial charge in [0.1, 0.15) is 17.2 Å². The summed E-state index contributed by atoms with van der Waals surface area (Å²) >= 11 is 0. The molecule has 2 aromatic rings. The summed E-state index contributed by atoms with van der Waals surface area (Å²) in [5.41, 5.74) is 1.68. The maximum Gasteiger partial charge on any atom is 0.356 e. The molecule has 1 aromatic carbocycles. The molecule has 0 bridgehead atoms. The standard InChI is InChI=1S/C15H16N2O4/c1-20-10-5-6-12(14(7-10)21-2)17-13(9-3-4-9)8-11(16-17)15(18)19/h5-9H,3-4H2,1-2H3,(H,18,19). The molecule has 1 N–H and O–H groups in total. The number of methoxy groups -OCH3 is 2. The van der Waals surface area contributed by atoms with Gasteiger partial charge < -0.3 is 14.6 Å². The average Bonchev–Trinajstić information content (AvgIpc) is 3.25. The molecule has 3 rings (SSSR count). The van der Waals surface area contributed by atoms with Crippen molar-refractivity contribution in [1.82, 2.24) is 9.78 Å². The van der Waals surface area contributed by atoms with E-state index in [1.807, 2.05) is 6.07 Å². The van der Waals surface area contributed by atoms with Gasteiger partial charge in [-0.05, 0) is 31.0 Å². The maximum atomic E-state index is 11.2. The third-order valence-electron chi connectivity index (χ3n) is 3.57. The van der Waals surface area contributed by atoms with E-state index >= 15 is 0 Å². The average molecular weight is 288 g/mol. The molecule has 1 fully saturated rings. The fourth-order valence-corrected chi connectivity index (χ4v) is 2.32. The Morgan fingerprint density at radius 1 is 1.29 bits per heavy atom. The van der Waals surface area contributed by atoms with Gasteiger partial charge in [-0.1, -0.05) is 0 Å². The van der Waals surface area contributed by atoms with Gasteiger partial charge in [-0.2, -0.15) is 5.10 Å². The number of benzene rings is 1. The van der Waals surface area contributed by atoms with Crippen LogP contribution in [0.25, 0.3) is 5.69 Å². The first kappa shape index (κ1) is 13.5. The Morgan fingerprint density at radius 3 is 2.62 bits per heavy atom.